The molecule has 1 saturated carbocycles. The van der Waals surface area contributed by atoms with Crippen LogP contribution >= 0.6 is 0 Å². The summed E-state index contributed by atoms with van der Waals surface area (Å²) in [7, 11) is 0. The lowest BCUT2D eigenvalue weighted by atomic mass is 9.71. The van der Waals surface area contributed by atoms with E-state index in [2.05, 4.69) is 17.0 Å². The van der Waals surface area contributed by atoms with Crippen LogP contribution in [0.25, 0.3) is 0 Å². The van der Waals surface area contributed by atoms with E-state index in [1.807, 2.05) is 36.4 Å². The van der Waals surface area contributed by atoms with Crippen molar-refractivity contribution in [1.82, 2.24) is 10.1 Å². The Morgan fingerprint density at radius 3 is 2.46 bits per heavy atom. The van der Waals surface area contributed by atoms with E-state index in [1.165, 1.54) is 38.5 Å². The van der Waals surface area contributed by atoms with Crippen LogP contribution in [0.1, 0.15) is 75.3 Å². The van der Waals surface area contributed by atoms with Gasteiger partial charge in [-0.15, -0.1) is 0 Å². The minimum Gasteiger partial charge on any atom is -0.378 e. The van der Waals surface area contributed by atoms with Crippen molar-refractivity contribution in [2.24, 2.45) is 11.8 Å². The van der Waals surface area contributed by atoms with Crippen molar-refractivity contribution in [3.05, 3.63) is 53.4 Å². The summed E-state index contributed by atoms with van der Waals surface area (Å²) in [6.45, 7) is 5.33. The molecule has 1 aromatic carbocycles. The summed E-state index contributed by atoms with van der Waals surface area (Å²) in [6, 6.07) is 12.1. The average Bonchev–Trinajstić information content (AvgIpc) is 3.24. The molecule has 0 radical (unpaired) electrons. The number of hydrogen-bond acceptors (Lipinski definition) is 4. The van der Waals surface area contributed by atoms with Crippen LogP contribution in [0.15, 0.2) is 40.9 Å². The average molecular weight is 383 g/mol. The fourth-order valence-electron chi connectivity index (χ4n) is 5.15. The number of aliphatic hydroxyl groups is 1. The van der Waals surface area contributed by atoms with E-state index in [9.17, 15) is 5.11 Å². The lowest BCUT2D eigenvalue weighted by molar-refractivity contribution is -0.00682. The lowest BCUT2D eigenvalue weighted by Crippen LogP contribution is -2.38. The standard InChI is InChI=1S/C24H34N2O2/c1-2-19-13-15-26(16-14-19)18-22-17-23(25-28-22)24(27,20-9-5-3-6-10-20)21-11-7-4-8-12-21/h3,5-6,9-10,17,19,21,27H,2,4,7-8,11-16,18H2,1H3. The van der Waals surface area contributed by atoms with Crippen molar-refractivity contribution in [2.45, 2.75) is 70.4 Å². The molecule has 1 aliphatic carbocycles. The van der Waals surface area contributed by atoms with Gasteiger partial charge in [-0.1, -0.05) is 68.1 Å². The minimum atomic E-state index is -1.06. The monoisotopic (exact) mass is 382 g/mol. The topological polar surface area (TPSA) is 49.5 Å². The van der Waals surface area contributed by atoms with Gasteiger partial charge in [0, 0.05) is 6.07 Å². The normalized spacial score (nSPS) is 22.2. The molecule has 1 aliphatic heterocycles. The number of piperidine rings is 1. The Labute approximate surface area is 168 Å². The van der Waals surface area contributed by atoms with Gasteiger partial charge in [0.25, 0.3) is 0 Å². The molecule has 2 fully saturated rings. The predicted molar refractivity (Wildman–Crippen MR) is 111 cm³/mol. The Morgan fingerprint density at radius 1 is 1.07 bits per heavy atom. The van der Waals surface area contributed by atoms with Crippen molar-refractivity contribution in [3.8, 4) is 0 Å². The van der Waals surface area contributed by atoms with E-state index in [0.717, 1.165) is 49.7 Å². The van der Waals surface area contributed by atoms with Crippen LogP contribution in [0.4, 0.5) is 0 Å². The summed E-state index contributed by atoms with van der Waals surface area (Å²) in [5.41, 5.74) is 0.563. The van der Waals surface area contributed by atoms with Crippen molar-refractivity contribution in [2.75, 3.05) is 13.1 Å². The molecule has 152 valence electrons. The molecule has 2 aliphatic rings. The van der Waals surface area contributed by atoms with E-state index in [0.29, 0.717) is 5.69 Å². The summed E-state index contributed by atoms with van der Waals surface area (Å²) >= 11 is 0. The number of likely N-dealkylation sites (tertiary alicyclic amines) is 1. The Bertz CT molecular complexity index is 730. The Kier molecular flexibility index (Phi) is 6.17. The van der Waals surface area contributed by atoms with Gasteiger partial charge in [-0.25, -0.2) is 0 Å². The van der Waals surface area contributed by atoms with Gasteiger partial charge in [-0.3, -0.25) is 4.90 Å². The first-order valence-corrected chi connectivity index (χ1v) is 11.2. The van der Waals surface area contributed by atoms with E-state index in [4.69, 9.17) is 4.52 Å². The molecule has 0 amide bonds. The van der Waals surface area contributed by atoms with Gasteiger partial charge in [0.05, 0.1) is 6.54 Å². The summed E-state index contributed by atoms with van der Waals surface area (Å²) in [5.74, 6) is 1.94. The second-order valence-electron chi connectivity index (χ2n) is 8.77. The Hall–Kier alpha value is -1.65. The SMILES string of the molecule is CCC1CCN(Cc2cc(C(O)(c3ccccc3)C3CCCCC3)no2)CC1. The molecule has 1 unspecified atom stereocenters. The molecule has 4 nitrogen and oxygen atoms in total. The summed E-state index contributed by atoms with van der Waals surface area (Å²) in [6.07, 6.45) is 9.52. The van der Waals surface area contributed by atoms with Crippen LogP contribution in [-0.2, 0) is 12.1 Å². The zero-order valence-corrected chi connectivity index (χ0v) is 17.1. The molecular weight excluding hydrogens is 348 g/mol. The third-order valence-electron chi connectivity index (χ3n) is 7.02. The first-order chi connectivity index (χ1) is 13.7. The Morgan fingerprint density at radius 2 is 1.79 bits per heavy atom. The zero-order chi connectivity index (χ0) is 19.4. The highest BCUT2D eigenvalue weighted by molar-refractivity contribution is 5.33. The number of hydrogen-bond donors (Lipinski definition) is 1. The molecule has 4 heteroatoms. The fourth-order valence-corrected chi connectivity index (χ4v) is 5.15. The third-order valence-corrected chi connectivity index (χ3v) is 7.02. The molecule has 1 atom stereocenters. The molecule has 2 heterocycles. The maximum Gasteiger partial charge on any atom is 0.151 e. The summed E-state index contributed by atoms with van der Waals surface area (Å²) in [5, 5.41) is 16.3. The summed E-state index contributed by atoms with van der Waals surface area (Å²) < 4.78 is 5.73. The maximum absolute atomic E-state index is 11.9. The first kappa shape index (κ1) is 19.7. The quantitative estimate of drug-likeness (QED) is 0.754. The molecule has 28 heavy (non-hydrogen) atoms. The van der Waals surface area contributed by atoms with Crippen LogP contribution in [0.2, 0.25) is 0 Å². The van der Waals surface area contributed by atoms with E-state index < -0.39 is 5.60 Å². The van der Waals surface area contributed by atoms with Crippen molar-refractivity contribution >= 4 is 0 Å². The lowest BCUT2D eigenvalue weighted by Gasteiger charge is -2.37. The molecular formula is C24H34N2O2. The molecule has 2 aromatic rings. The van der Waals surface area contributed by atoms with Gasteiger partial charge in [0.2, 0.25) is 0 Å². The highest BCUT2D eigenvalue weighted by Crippen LogP contribution is 2.43. The van der Waals surface area contributed by atoms with Crippen LogP contribution in [-0.4, -0.2) is 28.3 Å². The predicted octanol–water partition coefficient (Wildman–Crippen LogP) is 5.11. The molecule has 0 bridgehead atoms. The van der Waals surface area contributed by atoms with Gasteiger partial charge in [-0.05, 0) is 56.2 Å². The number of benzene rings is 1. The molecule has 0 spiro atoms. The molecule has 1 aromatic heterocycles. The Balaban J connectivity index is 1.54. The van der Waals surface area contributed by atoms with Gasteiger partial charge < -0.3 is 9.63 Å². The number of aromatic nitrogens is 1. The third kappa shape index (κ3) is 4.04. The second kappa shape index (κ2) is 8.79. The van der Waals surface area contributed by atoms with Crippen LogP contribution in [0.5, 0.6) is 0 Å². The minimum absolute atomic E-state index is 0.196. The molecule has 1 N–H and O–H groups in total. The zero-order valence-electron chi connectivity index (χ0n) is 17.1. The largest absolute Gasteiger partial charge is 0.378 e. The van der Waals surface area contributed by atoms with E-state index in [1.54, 1.807) is 0 Å². The first-order valence-electron chi connectivity index (χ1n) is 11.2. The van der Waals surface area contributed by atoms with Crippen LogP contribution in [0.3, 0.4) is 0 Å². The number of rotatable bonds is 6. The van der Waals surface area contributed by atoms with Crippen molar-refractivity contribution in [1.29, 1.82) is 0 Å². The van der Waals surface area contributed by atoms with Gasteiger partial charge in [0.1, 0.15) is 11.3 Å². The van der Waals surface area contributed by atoms with Crippen molar-refractivity contribution in [3.63, 3.8) is 0 Å². The second-order valence-corrected chi connectivity index (χ2v) is 8.77. The summed E-state index contributed by atoms with van der Waals surface area (Å²) in [4.78, 5) is 2.46. The molecule has 1 saturated heterocycles. The highest BCUT2D eigenvalue weighted by atomic mass is 16.5. The van der Waals surface area contributed by atoms with Crippen LogP contribution in [0, 0.1) is 11.8 Å². The highest BCUT2D eigenvalue weighted by Gasteiger charge is 2.43. The fraction of sp³-hybridized carbons (Fsp3) is 0.625. The number of nitrogens with zero attached hydrogens (tertiary/aromatic N) is 2. The van der Waals surface area contributed by atoms with Gasteiger partial charge in [0.15, 0.2) is 5.76 Å². The van der Waals surface area contributed by atoms with Crippen molar-refractivity contribution < 1.29 is 9.63 Å². The van der Waals surface area contributed by atoms with E-state index in [-0.39, 0.29) is 5.92 Å². The maximum atomic E-state index is 11.9. The smallest absolute Gasteiger partial charge is 0.151 e. The van der Waals surface area contributed by atoms with E-state index >= 15 is 0 Å². The van der Waals surface area contributed by atoms with Crippen LogP contribution < -0.4 is 0 Å². The molecule has 4 rings (SSSR count). The van der Waals surface area contributed by atoms with Gasteiger partial charge in [-0.2, -0.15) is 0 Å². The van der Waals surface area contributed by atoms with Gasteiger partial charge >= 0.3 is 0 Å².